The van der Waals surface area contributed by atoms with Crippen LogP contribution in [-0.2, 0) is 4.79 Å². The highest BCUT2D eigenvalue weighted by molar-refractivity contribution is 5.79. The summed E-state index contributed by atoms with van der Waals surface area (Å²) < 4.78 is 0. The molecule has 0 saturated carbocycles. The summed E-state index contributed by atoms with van der Waals surface area (Å²) >= 11 is 0. The molecule has 5 nitrogen and oxygen atoms in total. The van der Waals surface area contributed by atoms with Crippen molar-refractivity contribution in [3.05, 3.63) is 29.8 Å². The lowest BCUT2D eigenvalue weighted by Gasteiger charge is -2.36. The zero-order valence-corrected chi connectivity index (χ0v) is 14.8. The van der Waals surface area contributed by atoms with Crippen molar-refractivity contribution < 1.29 is 4.79 Å². The maximum absolute atomic E-state index is 12.0. The number of piperazine rings is 1. The first kappa shape index (κ1) is 17.2. The lowest BCUT2D eigenvalue weighted by atomic mass is 10.1. The number of anilines is 1. The van der Waals surface area contributed by atoms with Crippen molar-refractivity contribution >= 4 is 11.6 Å². The molecule has 2 N–H and O–H groups in total. The lowest BCUT2D eigenvalue weighted by molar-refractivity contribution is -0.124. The van der Waals surface area contributed by atoms with Crippen LogP contribution in [0.25, 0.3) is 0 Å². The molecule has 2 aliphatic rings. The van der Waals surface area contributed by atoms with Gasteiger partial charge in [-0.05, 0) is 50.6 Å². The summed E-state index contributed by atoms with van der Waals surface area (Å²) in [5, 5.41) is 6.33. The molecule has 0 radical (unpaired) electrons. The summed E-state index contributed by atoms with van der Waals surface area (Å²) in [6, 6.07) is 8.76. The van der Waals surface area contributed by atoms with Crippen LogP contribution in [0.15, 0.2) is 24.3 Å². The van der Waals surface area contributed by atoms with E-state index in [4.69, 9.17) is 0 Å². The number of carbonyl (C=O) groups excluding carboxylic acids is 1. The van der Waals surface area contributed by atoms with E-state index in [1.165, 1.54) is 11.3 Å². The molecular formula is C19H30N4O. The zero-order valence-electron chi connectivity index (χ0n) is 14.8. The van der Waals surface area contributed by atoms with E-state index in [0.29, 0.717) is 0 Å². The fourth-order valence-corrected chi connectivity index (χ4v) is 3.59. The SMILES string of the molecule is Cc1cccc(N2CCN(CCCNC(=O)C3CCNC3)CC2)c1. The van der Waals surface area contributed by atoms with Gasteiger partial charge in [-0.15, -0.1) is 0 Å². The van der Waals surface area contributed by atoms with Crippen molar-refractivity contribution in [1.29, 1.82) is 0 Å². The van der Waals surface area contributed by atoms with Crippen LogP contribution in [-0.4, -0.2) is 63.2 Å². The summed E-state index contributed by atoms with van der Waals surface area (Å²) in [7, 11) is 0. The summed E-state index contributed by atoms with van der Waals surface area (Å²) in [5.41, 5.74) is 2.66. The van der Waals surface area contributed by atoms with Crippen molar-refractivity contribution in [2.24, 2.45) is 5.92 Å². The normalized spacial score (nSPS) is 21.9. The molecule has 2 heterocycles. The Labute approximate surface area is 145 Å². The molecule has 1 aromatic rings. The Morgan fingerprint density at radius 1 is 1.29 bits per heavy atom. The van der Waals surface area contributed by atoms with Crippen LogP contribution in [0, 0.1) is 12.8 Å². The molecule has 0 bridgehead atoms. The van der Waals surface area contributed by atoms with E-state index in [0.717, 1.165) is 65.2 Å². The molecule has 3 rings (SSSR count). The molecule has 5 heteroatoms. The van der Waals surface area contributed by atoms with Crippen LogP contribution >= 0.6 is 0 Å². The van der Waals surface area contributed by atoms with Gasteiger partial charge in [0.2, 0.25) is 5.91 Å². The number of hydrogen-bond acceptors (Lipinski definition) is 4. The number of aryl methyl sites for hydroxylation is 1. The number of nitrogens with one attached hydrogen (secondary N) is 2. The third-order valence-electron chi connectivity index (χ3n) is 5.12. The Hall–Kier alpha value is -1.59. The maximum Gasteiger partial charge on any atom is 0.224 e. The average molecular weight is 330 g/mol. The zero-order chi connectivity index (χ0) is 16.8. The molecule has 0 aromatic heterocycles. The van der Waals surface area contributed by atoms with Gasteiger partial charge in [-0.3, -0.25) is 9.69 Å². The summed E-state index contributed by atoms with van der Waals surface area (Å²) in [6.45, 7) is 10.2. The van der Waals surface area contributed by atoms with Gasteiger partial charge in [-0.25, -0.2) is 0 Å². The largest absolute Gasteiger partial charge is 0.369 e. The van der Waals surface area contributed by atoms with Gasteiger partial charge in [0.05, 0.1) is 5.92 Å². The van der Waals surface area contributed by atoms with Crippen molar-refractivity contribution in [2.75, 3.05) is 57.3 Å². The van der Waals surface area contributed by atoms with Crippen molar-refractivity contribution in [3.8, 4) is 0 Å². The molecule has 1 atom stereocenters. The topological polar surface area (TPSA) is 47.6 Å². The molecule has 0 spiro atoms. The lowest BCUT2D eigenvalue weighted by Crippen LogP contribution is -2.47. The first-order valence-electron chi connectivity index (χ1n) is 9.25. The minimum Gasteiger partial charge on any atom is -0.369 e. The van der Waals surface area contributed by atoms with E-state index >= 15 is 0 Å². The van der Waals surface area contributed by atoms with Crippen LogP contribution in [0.3, 0.4) is 0 Å². The van der Waals surface area contributed by atoms with Gasteiger partial charge in [0.15, 0.2) is 0 Å². The third-order valence-corrected chi connectivity index (χ3v) is 5.12. The fraction of sp³-hybridized carbons (Fsp3) is 0.632. The predicted octanol–water partition coefficient (Wildman–Crippen LogP) is 1.23. The molecule has 2 aliphatic heterocycles. The number of amides is 1. The average Bonchev–Trinajstić information content (AvgIpc) is 3.14. The van der Waals surface area contributed by atoms with Gasteiger partial charge in [-0.2, -0.15) is 0 Å². The monoisotopic (exact) mass is 330 g/mol. The maximum atomic E-state index is 12.0. The second kappa shape index (κ2) is 8.49. The van der Waals surface area contributed by atoms with Crippen molar-refractivity contribution in [1.82, 2.24) is 15.5 Å². The molecular weight excluding hydrogens is 300 g/mol. The number of nitrogens with zero attached hydrogens (tertiary/aromatic N) is 2. The highest BCUT2D eigenvalue weighted by atomic mass is 16.1. The second-order valence-electron chi connectivity index (χ2n) is 7.00. The Balaban J connectivity index is 1.32. The van der Waals surface area contributed by atoms with Crippen LogP contribution < -0.4 is 15.5 Å². The van der Waals surface area contributed by atoms with E-state index in [2.05, 4.69) is 51.6 Å². The van der Waals surface area contributed by atoms with Gasteiger partial charge in [-0.1, -0.05) is 12.1 Å². The minimum absolute atomic E-state index is 0.183. The second-order valence-corrected chi connectivity index (χ2v) is 7.00. The highest BCUT2D eigenvalue weighted by Gasteiger charge is 2.22. The molecule has 1 aromatic carbocycles. The van der Waals surface area contributed by atoms with Crippen molar-refractivity contribution in [2.45, 2.75) is 19.8 Å². The standard InChI is InChI=1S/C19H30N4O/c1-16-4-2-5-18(14-16)23-12-10-22(11-13-23)9-3-7-21-19(24)17-6-8-20-15-17/h2,4-5,14,17,20H,3,6-13,15H2,1H3,(H,21,24). The molecule has 132 valence electrons. The molecule has 2 fully saturated rings. The first-order valence-corrected chi connectivity index (χ1v) is 9.25. The Bertz CT molecular complexity index is 534. The van der Waals surface area contributed by atoms with Gasteiger partial charge in [0.25, 0.3) is 0 Å². The number of benzene rings is 1. The van der Waals surface area contributed by atoms with Gasteiger partial charge in [0.1, 0.15) is 0 Å². The number of carbonyl (C=O) groups is 1. The van der Waals surface area contributed by atoms with Crippen LogP contribution in [0.1, 0.15) is 18.4 Å². The van der Waals surface area contributed by atoms with E-state index in [9.17, 15) is 4.79 Å². The molecule has 2 saturated heterocycles. The van der Waals surface area contributed by atoms with E-state index in [1.54, 1.807) is 0 Å². The Kier molecular flexibility index (Phi) is 6.10. The van der Waals surface area contributed by atoms with E-state index < -0.39 is 0 Å². The quantitative estimate of drug-likeness (QED) is 0.771. The summed E-state index contributed by atoms with van der Waals surface area (Å²) in [5.74, 6) is 0.409. The molecule has 1 amide bonds. The highest BCUT2D eigenvalue weighted by Crippen LogP contribution is 2.17. The smallest absolute Gasteiger partial charge is 0.224 e. The van der Waals surface area contributed by atoms with Crippen LogP contribution in [0.2, 0.25) is 0 Å². The summed E-state index contributed by atoms with van der Waals surface area (Å²) in [6.07, 6.45) is 2.02. The Morgan fingerprint density at radius 3 is 2.83 bits per heavy atom. The Morgan fingerprint density at radius 2 is 2.12 bits per heavy atom. The van der Waals surface area contributed by atoms with Gasteiger partial charge >= 0.3 is 0 Å². The molecule has 0 aliphatic carbocycles. The van der Waals surface area contributed by atoms with Crippen LogP contribution in [0.5, 0.6) is 0 Å². The van der Waals surface area contributed by atoms with Crippen molar-refractivity contribution in [3.63, 3.8) is 0 Å². The first-order chi connectivity index (χ1) is 11.7. The van der Waals surface area contributed by atoms with E-state index in [-0.39, 0.29) is 11.8 Å². The van der Waals surface area contributed by atoms with E-state index in [1.807, 2.05) is 0 Å². The minimum atomic E-state index is 0.183. The molecule has 1 unspecified atom stereocenters. The number of hydrogen-bond donors (Lipinski definition) is 2. The van der Waals surface area contributed by atoms with Crippen LogP contribution in [0.4, 0.5) is 5.69 Å². The molecule has 24 heavy (non-hydrogen) atoms. The fourth-order valence-electron chi connectivity index (χ4n) is 3.59. The third kappa shape index (κ3) is 4.71. The predicted molar refractivity (Wildman–Crippen MR) is 98.4 cm³/mol. The van der Waals surface area contributed by atoms with Gasteiger partial charge in [0, 0.05) is 45.0 Å². The van der Waals surface area contributed by atoms with Gasteiger partial charge < -0.3 is 15.5 Å². The summed E-state index contributed by atoms with van der Waals surface area (Å²) in [4.78, 5) is 16.9. The number of rotatable bonds is 6.